The van der Waals surface area contributed by atoms with Gasteiger partial charge < -0.3 is 19.7 Å². The molecule has 0 aromatic carbocycles. The zero-order valence-electron chi connectivity index (χ0n) is 17.7. The lowest BCUT2D eigenvalue weighted by atomic mass is 9.91. The van der Waals surface area contributed by atoms with Crippen molar-refractivity contribution in [3.05, 3.63) is 17.0 Å². The first-order valence-electron chi connectivity index (χ1n) is 10.9. The first kappa shape index (κ1) is 21.3. The van der Waals surface area contributed by atoms with Crippen molar-refractivity contribution >= 4 is 5.91 Å². The zero-order valence-corrected chi connectivity index (χ0v) is 17.7. The summed E-state index contributed by atoms with van der Waals surface area (Å²) in [7, 11) is 0. The molecule has 1 amide bonds. The van der Waals surface area contributed by atoms with Crippen LogP contribution in [-0.4, -0.2) is 72.7 Å². The standard InChI is InChI=1S/C21H36N4O3/c1-4-27-11-5-8-22-17-6-7-19-18(14-17)20(23-25(19)15-16(2)3)21(26)24-9-12-28-13-10-24/h16-17,22H,4-15H2,1-3H3/t17-/m0/s1. The summed E-state index contributed by atoms with van der Waals surface area (Å²) in [5, 5.41) is 8.45. The van der Waals surface area contributed by atoms with Crippen LogP contribution >= 0.6 is 0 Å². The number of carbonyl (C=O) groups is 1. The van der Waals surface area contributed by atoms with Crippen LogP contribution in [0.15, 0.2) is 0 Å². The van der Waals surface area contributed by atoms with Gasteiger partial charge in [0, 0.05) is 50.1 Å². The predicted molar refractivity (Wildman–Crippen MR) is 109 cm³/mol. The average Bonchev–Trinajstić information content (AvgIpc) is 3.05. The van der Waals surface area contributed by atoms with Crippen molar-refractivity contribution in [3.8, 4) is 0 Å². The highest BCUT2D eigenvalue weighted by Crippen LogP contribution is 2.27. The average molecular weight is 393 g/mol. The Bertz CT molecular complexity index is 638. The van der Waals surface area contributed by atoms with Crippen LogP contribution in [0.1, 0.15) is 55.4 Å². The molecule has 0 bridgehead atoms. The molecule has 1 N–H and O–H groups in total. The van der Waals surface area contributed by atoms with E-state index in [0.29, 0.717) is 44.0 Å². The van der Waals surface area contributed by atoms with Gasteiger partial charge >= 0.3 is 0 Å². The lowest BCUT2D eigenvalue weighted by Gasteiger charge is -2.28. The van der Waals surface area contributed by atoms with E-state index in [-0.39, 0.29) is 5.91 Å². The van der Waals surface area contributed by atoms with E-state index in [4.69, 9.17) is 14.6 Å². The van der Waals surface area contributed by atoms with Gasteiger partial charge in [-0.15, -0.1) is 0 Å². The number of nitrogens with one attached hydrogen (secondary N) is 1. The molecule has 1 atom stereocenters. The Hall–Kier alpha value is -1.44. The molecule has 0 spiro atoms. The van der Waals surface area contributed by atoms with Crippen molar-refractivity contribution < 1.29 is 14.3 Å². The third kappa shape index (κ3) is 5.33. The lowest BCUT2D eigenvalue weighted by Crippen LogP contribution is -2.42. The third-order valence-corrected chi connectivity index (χ3v) is 5.49. The minimum absolute atomic E-state index is 0.0686. The number of rotatable bonds is 9. The highest BCUT2D eigenvalue weighted by Gasteiger charge is 2.31. The number of hydrogen-bond donors (Lipinski definition) is 1. The molecule has 1 aromatic heterocycles. The summed E-state index contributed by atoms with van der Waals surface area (Å²) in [6.45, 7) is 12.4. The molecule has 2 aliphatic rings. The Morgan fingerprint density at radius 2 is 2.14 bits per heavy atom. The molecule has 1 fully saturated rings. The van der Waals surface area contributed by atoms with Crippen molar-refractivity contribution in [2.24, 2.45) is 5.92 Å². The van der Waals surface area contributed by atoms with Crippen LogP contribution in [0.3, 0.4) is 0 Å². The zero-order chi connectivity index (χ0) is 19.9. The lowest BCUT2D eigenvalue weighted by molar-refractivity contribution is 0.0297. The van der Waals surface area contributed by atoms with Crippen molar-refractivity contribution in [1.82, 2.24) is 20.0 Å². The highest BCUT2D eigenvalue weighted by molar-refractivity contribution is 5.94. The molecule has 7 heteroatoms. The maximum absolute atomic E-state index is 13.2. The van der Waals surface area contributed by atoms with Gasteiger partial charge in [0.15, 0.2) is 5.69 Å². The second kappa shape index (κ2) is 10.4. The number of ether oxygens (including phenoxy) is 2. The Morgan fingerprint density at radius 3 is 2.86 bits per heavy atom. The molecule has 1 saturated heterocycles. The normalized spacial score (nSPS) is 19.9. The second-order valence-corrected chi connectivity index (χ2v) is 8.20. The molecule has 158 valence electrons. The molecule has 28 heavy (non-hydrogen) atoms. The predicted octanol–water partition coefficient (Wildman–Crippen LogP) is 1.89. The largest absolute Gasteiger partial charge is 0.382 e. The van der Waals surface area contributed by atoms with Crippen LogP contribution in [0.25, 0.3) is 0 Å². The Morgan fingerprint density at radius 1 is 1.36 bits per heavy atom. The van der Waals surface area contributed by atoms with Crippen molar-refractivity contribution in [2.45, 2.75) is 59.0 Å². The monoisotopic (exact) mass is 392 g/mol. The molecule has 2 heterocycles. The van der Waals surface area contributed by atoms with Gasteiger partial charge in [-0.1, -0.05) is 13.8 Å². The molecule has 0 saturated carbocycles. The Kier molecular flexibility index (Phi) is 7.88. The van der Waals surface area contributed by atoms with E-state index in [9.17, 15) is 4.79 Å². The minimum Gasteiger partial charge on any atom is -0.382 e. The Balaban J connectivity index is 1.72. The molecule has 3 rings (SSSR count). The summed E-state index contributed by atoms with van der Waals surface area (Å²) < 4.78 is 12.9. The van der Waals surface area contributed by atoms with Crippen LogP contribution < -0.4 is 5.32 Å². The fourth-order valence-electron chi connectivity index (χ4n) is 4.07. The molecule has 1 aliphatic carbocycles. The first-order valence-corrected chi connectivity index (χ1v) is 10.9. The molecule has 1 aromatic rings. The summed E-state index contributed by atoms with van der Waals surface area (Å²) in [6.07, 6.45) is 3.97. The van der Waals surface area contributed by atoms with E-state index in [1.54, 1.807) is 0 Å². The number of morpholine rings is 1. The van der Waals surface area contributed by atoms with Crippen LogP contribution in [-0.2, 0) is 28.9 Å². The Labute approximate surface area is 168 Å². The summed E-state index contributed by atoms with van der Waals surface area (Å²) in [5.41, 5.74) is 3.08. The molecule has 7 nitrogen and oxygen atoms in total. The first-order chi connectivity index (χ1) is 13.6. The smallest absolute Gasteiger partial charge is 0.274 e. The van der Waals surface area contributed by atoms with E-state index in [1.807, 2.05) is 11.8 Å². The number of amides is 1. The topological polar surface area (TPSA) is 68.6 Å². The van der Waals surface area contributed by atoms with Crippen molar-refractivity contribution in [3.63, 3.8) is 0 Å². The molecule has 0 radical (unpaired) electrons. The second-order valence-electron chi connectivity index (χ2n) is 8.20. The van der Waals surface area contributed by atoms with Gasteiger partial charge in [0.05, 0.1) is 13.2 Å². The number of carbonyl (C=O) groups excluding carboxylic acids is 1. The van der Waals surface area contributed by atoms with Gasteiger partial charge in [0.25, 0.3) is 5.91 Å². The van der Waals surface area contributed by atoms with E-state index < -0.39 is 0 Å². The van der Waals surface area contributed by atoms with Crippen LogP contribution in [0.2, 0.25) is 0 Å². The number of aromatic nitrogens is 2. The van der Waals surface area contributed by atoms with E-state index >= 15 is 0 Å². The van der Waals surface area contributed by atoms with E-state index in [0.717, 1.165) is 57.6 Å². The highest BCUT2D eigenvalue weighted by atomic mass is 16.5. The van der Waals surface area contributed by atoms with Crippen molar-refractivity contribution in [2.75, 3.05) is 46.1 Å². The van der Waals surface area contributed by atoms with Gasteiger partial charge in [-0.3, -0.25) is 9.48 Å². The minimum atomic E-state index is 0.0686. The summed E-state index contributed by atoms with van der Waals surface area (Å²) in [4.78, 5) is 15.1. The number of hydrogen-bond acceptors (Lipinski definition) is 5. The quantitative estimate of drug-likeness (QED) is 0.650. The molecule has 1 aliphatic heterocycles. The fourth-order valence-corrected chi connectivity index (χ4v) is 4.07. The molecular formula is C21H36N4O3. The van der Waals surface area contributed by atoms with Gasteiger partial charge in [-0.05, 0) is 45.1 Å². The van der Waals surface area contributed by atoms with Gasteiger partial charge in [0.1, 0.15) is 0 Å². The fraction of sp³-hybridized carbons (Fsp3) is 0.810. The van der Waals surface area contributed by atoms with Gasteiger partial charge in [0.2, 0.25) is 0 Å². The van der Waals surface area contributed by atoms with Gasteiger partial charge in [-0.25, -0.2) is 0 Å². The molecular weight excluding hydrogens is 356 g/mol. The molecule has 0 unspecified atom stereocenters. The van der Waals surface area contributed by atoms with E-state index in [2.05, 4.69) is 23.8 Å². The van der Waals surface area contributed by atoms with Crippen LogP contribution in [0, 0.1) is 5.92 Å². The van der Waals surface area contributed by atoms with Crippen LogP contribution in [0.4, 0.5) is 0 Å². The van der Waals surface area contributed by atoms with Gasteiger partial charge in [-0.2, -0.15) is 5.10 Å². The summed E-state index contributed by atoms with van der Waals surface area (Å²) in [6, 6.07) is 0.405. The maximum atomic E-state index is 13.2. The van der Waals surface area contributed by atoms with Crippen molar-refractivity contribution in [1.29, 1.82) is 0 Å². The number of fused-ring (bicyclic) bond motifs is 1. The van der Waals surface area contributed by atoms with E-state index in [1.165, 1.54) is 5.69 Å². The summed E-state index contributed by atoms with van der Waals surface area (Å²) in [5.74, 6) is 0.573. The number of nitrogens with zero attached hydrogens (tertiary/aromatic N) is 3. The maximum Gasteiger partial charge on any atom is 0.274 e. The third-order valence-electron chi connectivity index (χ3n) is 5.49. The van der Waals surface area contributed by atoms with Crippen LogP contribution in [0.5, 0.6) is 0 Å². The summed E-state index contributed by atoms with van der Waals surface area (Å²) >= 11 is 0. The SMILES string of the molecule is CCOCCCN[C@H]1CCc2c(c(C(=O)N3CCOCC3)nn2CC(C)C)C1.